The maximum Gasteiger partial charge on any atom is 0.242 e. The van der Waals surface area contributed by atoms with Gasteiger partial charge in [0.25, 0.3) is 0 Å². The second kappa shape index (κ2) is 10.3. The fourth-order valence-electron chi connectivity index (χ4n) is 3.49. The average molecular weight is 448 g/mol. The number of anilines is 2. The highest BCUT2D eigenvalue weighted by molar-refractivity contribution is 7.98. The van der Waals surface area contributed by atoms with Crippen molar-refractivity contribution in [2.45, 2.75) is 30.7 Å². The maximum atomic E-state index is 12.9. The Morgan fingerprint density at radius 3 is 2.47 bits per heavy atom. The van der Waals surface area contributed by atoms with E-state index >= 15 is 0 Å². The van der Waals surface area contributed by atoms with Crippen molar-refractivity contribution in [1.82, 2.24) is 4.72 Å². The van der Waals surface area contributed by atoms with Crippen LogP contribution in [0.1, 0.15) is 19.8 Å². The molecule has 1 aliphatic rings. The van der Waals surface area contributed by atoms with Gasteiger partial charge in [0, 0.05) is 24.5 Å². The number of benzene rings is 2. The third-order valence-electron chi connectivity index (χ3n) is 5.20. The van der Waals surface area contributed by atoms with Crippen LogP contribution < -0.4 is 14.9 Å². The van der Waals surface area contributed by atoms with E-state index in [1.807, 2.05) is 30.5 Å². The molecule has 2 N–H and O–H groups in total. The molecule has 0 spiro atoms. The highest BCUT2D eigenvalue weighted by Crippen LogP contribution is 2.25. The summed E-state index contributed by atoms with van der Waals surface area (Å²) in [6.07, 6.45) is 3.53. The summed E-state index contributed by atoms with van der Waals surface area (Å²) in [5, 5.41) is 2.86. The highest BCUT2D eigenvalue weighted by atomic mass is 32.2. The third-order valence-corrected chi connectivity index (χ3v) is 7.33. The molecule has 30 heavy (non-hydrogen) atoms. The second-order valence-electron chi connectivity index (χ2n) is 7.64. The summed E-state index contributed by atoms with van der Waals surface area (Å²) in [5.41, 5.74) is 1.80. The van der Waals surface area contributed by atoms with E-state index in [2.05, 4.69) is 21.9 Å². The van der Waals surface area contributed by atoms with Crippen LogP contribution in [0.3, 0.4) is 0 Å². The number of hydrogen-bond acceptors (Lipinski definition) is 5. The maximum absolute atomic E-state index is 12.9. The van der Waals surface area contributed by atoms with Crippen LogP contribution in [0.2, 0.25) is 0 Å². The first kappa shape index (κ1) is 22.7. The molecule has 1 fully saturated rings. The van der Waals surface area contributed by atoms with Crippen LogP contribution in [0.15, 0.2) is 59.5 Å². The molecule has 8 heteroatoms. The van der Waals surface area contributed by atoms with Gasteiger partial charge in [-0.2, -0.15) is 16.5 Å². The van der Waals surface area contributed by atoms with Crippen molar-refractivity contribution in [3.05, 3.63) is 54.6 Å². The van der Waals surface area contributed by atoms with Gasteiger partial charge >= 0.3 is 0 Å². The van der Waals surface area contributed by atoms with Crippen molar-refractivity contribution in [2.75, 3.05) is 35.3 Å². The number of sulfonamides is 1. The standard InChI is InChI=1S/C22H29N3O3S2/c1-17-12-14-25(16-17)19-10-8-18(9-11-19)23-22(26)21(13-15-29-2)24-30(27,28)20-6-4-3-5-7-20/h3-11,17,21,24H,12-16H2,1-2H3,(H,23,26). The molecule has 3 rings (SSSR count). The van der Waals surface area contributed by atoms with Crippen LogP contribution in [0.4, 0.5) is 11.4 Å². The number of carbonyl (C=O) groups excluding carboxylic acids is 1. The first-order valence-electron chi connectivity index (χ1n) is 10.1. The largest absolute Gasteiger partial charge is 0.371 e. The third kappa shape index (κ3) is 6.00. The Morgan fingerprint density at radius 1 is 1.17 bits per heavy atom. The Hall–Kier alpha value is -2.03. The summed E-state index contributed by atoms with van der Waals surface area (Å²) in [7, 11) is -3.78. The number of rotatable bonds is 9. The van der Waals surface area contributed by atoms with Gasteiger partial charge in [0.2, 0.25) is 15.9 Å². The molecule has 1 aliphatic heterocycles. The minimum Gasteiger partial charge on any atom is -0.371 e. The van der Waals surface area contributed by atoms with Gasteiger partial charge in [-0.3, -0.25) is 4.79 Å². The molecule has 0 aliphatic carbocycles. The molecule has 0 bridgehead atoms. The molecule has 1 heterocycles. The van der Waals surface area contributed by atoms with Gasteiger partial charge in [0.1, 0.15) is 6.04 Å². The molecule has 2 aromatic carbocycles. The van der Waals surface area contributed by atoms with Crippen LogP contribution in [0.5, 0.6) is 0 Å². The number of thioether (sulfide) groups is 1. The van der Waals surface area contributed by atoms with Crippen LogP contribution in [0.25, 0.3) is 0 Å². The van der Waals surface area contributed by atoms with Crippen molar-refractivity contribution in [2.24, 2.45) is 5.92 Å². The number of nitrogens with one attached hydrogen (secondary N) is 2. The smallest absolute Gasteiger partial charge is 0.242 e. The Labute approximate surface area is 183 Å². The van der Waals surface area contributed by atoms with E-state index in [4.69, 9.17) is 0 Å². The van der Waals surface area contributed by atoms with Crippen LogP contribution in [0, 0.1) is 5.92 Å². The SMILES string of the molecule is CSCCC(NS(=O)(=O)c1ccccc1)C(=O)Nc1ccc(N2CCC(C)C2)cc1. The molecule has 2 unspecified atom stereocenters. The number of hydrogen-bond donors (Lipinski definition) is 2. The van der Waals surface area contributed by atoms with E-state index in [-0.39, 0.29) is 10.8 Å². The minimum absolute atomic E-state index is 0.149. The molecule has 2 atom stereocenters. The number of carbonyl (C=O) groups is 1. The molecule has 0 saturated carbocycles. The zero-order valence-corrected chi connectivity index (χ0v) is 19.0. The predicted molar refractivity (Wildman–Crippen MR) is 125 cm³/mol. The van der Waals surface area contributed by atoms with Crippen LogP contribution in [-0.4, -0.2) is 45.5 Å². The lowest BCUT2D eigenvalue weighted by atomic mass is 10.2. The topological polar surface area (TPSA) is 78.5 Å². The van der Waals surface area contributed by atoms with E-state index in [0.29, 0.717) is 23.8 Å². The molecule has 1 amide bonds. The van der Waals surface area contributed by atoms with E-state index in [1.165, 1.54) is 18.6 Å². The van der Waals surface area contributed by atoms with Gasteiger partial charge in [0.05, 0.1) is 4.90 Å². The summed E-state index contributed by atoms with van der Waals surface area (Å²) in [6.45, 7) is 4.34. The molecule has 6 nitrogen and oxygen atoms in total. The van der Waals surface area contributed by atoms with E-state index in [9.17, 15) is 13.2 Å². The van der Waals surface area contributed by atoms with Crippen molar-refractivity contribution in [1.29, 1.82) is 0 Å². The molecular formula is C22H29N3O3S2. The van der Waals surface area contributed by atoms with Crippen molar-refractivity contribution >= 4 is 39.1 Å². The molecule has 1 saturated heterocycles. The van der Waals surface area contributed by atoms with Crippen LogP contribution >= 0.6 is 11.8 Å². The Balaban J connectivity index is 1.67. The average Bonchev–Trinajstić information content (AvgIpc) is 3.18. The zero-order chi connectivity index (χ0) is 21.6. The first-order valence-corrected chi connectivity index (χ1v) is 13.0. The van der Waals surface area contributed by atoms with Crippen molar-refractivity contribution < 1.29 is 13.2 Å². The van der Waals surface area contributed by atoms with Gasteiger partial charge in [0.15, 0.2) is 0 Å². The van der Waals surface area contributed by atoms with Gasteiger partial charge in [-0.15, -0.1) is 0 Å². The number of nitrogens with zero attached hydrogens (tertiary/aromatic N) is 1. The van der Waals surface area contributed by atoms with Gasteiger partial charge in [-0.1, -0.05) is 25.1 Å². The van der Waals surface area contributed by atoms with E-state index in [1.54, 1.807) is 30.0 Å². The van der Waals surface area contributed by atoms with Crippen LogP contribution in [-0.2, 0) is 14.8 Å². The summed E-state index contributed by atoms with van der Waals surface area (Å²) in [4.78, 5) is 15.3. The van der Waals surface area contributed by atoms with Gasteiger partial charge in [-0.25, -0.2) is 8.42 Å². The molecule has 162 valence electrons. The lowest BCUT2D eigenvalue weighted by Crippen LogP contribution is -2.44. The lowest BCUT2D eigenvalue weighted by molar-refractivity contribution is -0.117. The normalized spacial score (nSPS) is 17.7. The predicted octanol–water partition coefficient (Wildman–Crippen LogP) is 3.57. The van der Waals surface area contributed by atoms with E-state index in [0.717, 1.165) is 18.8 Å². The Morgan fingerprint density at radius 2 is 1.87 bits per heavy atom. The fourth-order valence-corrected chi connectivity index (χ4v) is 5.21. The number of amides is 1. The summed E-state index contributed by atoms with van der Waals surface area (Å²) < 4.78 is 27.9. The zero-order valence-electron chi connectivity index (χ0n) is 17.4. The van der Waals surface area contributed by atoms with Crippen molar-refractivity contribution in [3.8, 4) is 0 Å². The van der Waals surface area contributed by atoms with E-state index < -0.39 is 16.1 Å². The molecule has 2 aromatic rings. The first-order chi connectivity index (χ1) is 14.4. The van der Waals surface area contributed by atoms with Gasteiger partial charge < -0.3 is 10.2 Å². The Kier molecular flexibility index (Phi) is 7.80. The summed E-state index contributed by atoms with van der Waals surface area (Å²) in [5.74, 6) is 1.01. The molecular weight excluding hydrogens is 418 g/mol. The summed E-state index contributed by atoms with van der Waals surface area (Å²) >= 11 is 1.57. The summed E-state index contributed by atoms with van der Waals surface area (Å²) in [6, 6.07) is 15.0. The monoisotopic (exact) mass is 447 g/mol. The molecule has 0 aromatic heterocycles. The van der Waals surface area contributed by atoms with Crippen molar-refractivity contribution in [3.63, 3.8) is 0 Å². The lowest BCUT2D eigenvalue weighted by Gasteiger charge is -2.20. The van der Waals surface area contributed by atoms with Gasteiger partial charge in [-0.05, 0) is 67.2 Å². The Bertz CT molecular complexity index is 934. The quantitative estimate of drug-likeness (QED) is 0.614. The highest BCUT2D eigenvalue weighted by Gasteiger charge is 2.25. The minimum atomic E-state index is -3.78. The molecule has 0 radical (unpaired) electrons. The fraction of sp³-hybridized carbons (Fsp3) is 0.409. The second-order valence-corrected chi connectivity index (χ2v) is 10.3.